The molecule has 6 nitrogen and oxygen atoms in total. The van der Waals surface area contributed by atoms with E-state index in [4.69, 9.17) is 15.6 Å². The van der Waals surface area contributed by atoms with Crippen molar-refractivity contribution >= 4 is 0 Å². The summed E-state index contributed by atoms with van der Waals surface area (Å²) in [6.07, 6.45) is -5.35. The molecule has 0 aromatic carbocycles. The Morgan fingerprint density at radius 2 is 1.86 bits per heavy atom. The minimum absolute atomic E-state index is 0.461. The van der Waals surface area contributed by atoms with Crippen LogP contribution in [0.1, 0.15) is 13.3 Å². The van der Waals surface area contributed by atoms with E-state index in [1.54, 1.807) is 6.92 Å². The number of ether oxygens (including phenoxy) is 1. The highest BCUT2D eigenvalue weighted by Gasteiger charge is 2.45. The summed E-state index contributed by atoms with van der Waals surface area (Å²) in [7, 11) is 0. The maximum absolute atomic E-state index is 9.55. The number of rotatable bonds is 2. The van der Waals surface area contributed by atoms with E-state index >= 15 is 0 Å². The van der Waals surface area contributed by atoms with Crippen LogP contribution >= 0.6 is 0 Å². The first-order valence-corrected chi connectivity index (χ1v) is 4.62. The molecule has 0 bridgehead atoms. The molecule has 1 aliphatic rings. The molecular formula is C8H17NO5. The molecule has 1 fully saturated rings. The van der Waals surface area contributed by atoms with Gasteiger partial charge in [-0.2, -0.15) is 0 Å². The Balaban J connectivity index is 2.74. The summed E-state index contributed by atoms with van der Waals surface area (Å²) in [5, 5.41) is 37.5. The van der Waals surface area contributed by atoms with E-state index in [2.05, 4.69) is 0 Å². The molecule has 0 amide bonds. The third-order valence-corrected chi connectivity index (χ3v) is 2.57. The van der Waals surface area contributed by atoms with Crippen LogP contribution in [0.2, 0.25) is 0 Å². The van der Waals surface area contributed by atoms with E-state index in [9.17, 15) is 15.3 Å². The van der Waals surface area contributed by atoms with Gasteiger partial charge in [0.25, 0.3) is 0 Å². The summed E-state index contributed by atoms with van der Waals surface area (Å²) in [4.78, 5) is 0. The zero-order valence-corrected chi connectivity index (χ0v) is 7.95. The van der Waals surface area contributed by atoms with Crippen molar-refractivity contribution in [3.8, 4) is 0 Å². The molecule has 0 aromatic heterocycles. The second-order valence-electron chi connectivity index (χ2n) is 3.52. The highest BCUT2D eigenvalue weighted by atomic mass is 16.6. The molecule has 0 saturated carbocycles. The Hall–Kier alpha value is -0.240. The molecule has 1 heterocycles. The summed E-state index contributed by atoms with van der Waals surface area (Å²) in [5.74, 6) is -1.08. The largest absolute Gasteiger partial charge is 0.390 e. The number of hydrogen-bond acceptors (Lipinski definition) is 6. The van der Waals surface area contributed by atoms with Crippen LogP contribution in [-0.2, 0) is 4.74 Å². The van der Waals surface area contributed by atoms with Crippen LogP contribution in [0.3, 0.4) is 0 Å². The molecule has 0 radical (unpaired) electrons. The van der Waals surface area contributed by atoms with E-state index in [1.807, 2.05) is 0 Å². The Morgan fingerprint density at radius 1 is 1.29 bits per heavy atom. The fourth-order valence-electron chi connectivity index (χ4n) is 1.68. The fraction of sp³-hybridized carbons (Fsp3) is 1.00. The molecule has 1 rings (SSSR count). The van der Waals surface area contributed by atoms with Crippen molar-refractivity contribution in [2.24, 2.45) is 11.7 Å². The Kier molecular flexibility index (Phi) is 3.82. The van der Waals surface area contributed by atoms with E-state index in [0.29, 0.717) is 6.42 Å². The summed E-state index contributed by atoms with van der Waals surface area (Å²) in [6, 6.07) is 0. The van der Waals surface area contributed by atoms with E-state index in [0.717, 1.165) is 0 Å². The average molecular weight is 207 g/mol. The molecule has 14 heavy (non-hydrogen) atoms. The first-order chi connectivity index (χ1) is 6.49. The molecule has 6 heteroatoms. The van der Waals surface area contributed by atoms with Gasteiger partial charge in [0.1, 0.15) is 12.3 Å². The van der Waals surface area contributed by atoms with Gasteiger partial charge in [0.15, 0.2) is 6.29 Å². The SMILES string of the molecule is CCC1OC(O)[C@H](C(N)O)[C@@H](O)C1O. The van der Waals surface area contributed by atoms with Gasteiger partial charge < -0.3 is 30.9 Å². The van der Waals surface area contributed by atoms with E-state index in [1.165, 1.54) is 0 Å². The molecule has 6 atom stereocenters. The van der Waals surface area contributed by atoms with E-state index in [-0.39, 0.29) is 0 Å². The Morgan fingerprint density at radius 3 is 2.29 bits per heavy atom. The van der Waals surface area contributed by atoms with Crippen molar-refractivity contribution in [3.05, 3.63) is 0 Å². The monoisotopic (exact) mass is 207 g/mol. The summed E-state index contributed by atoms with van der Waals surface area (Å²) in [5.41, 5.74) is 5.14. The zero-order chi connectivity index (χ0) is 10.9. The van der Waals surface area contributed by atoms with Gasteiger partial charge in [0, 0.05) is 0 Å². The van der Waals surface area contributed by atoms with Crippen LogP contribution in [0, 0.1) is 5.92 Å². The molecule has 1 aliphatic heterocycles. The maximum Gasteiger partial charge on any atom is 0.164 e. The van der Waals surface area contributed by atoms with Gasteiger partial charge in [-0.1, -0.05) is 6.92 Å². The molecule has 1 saturated heterocycles. The van der Waals surface area contributed by atoms with Crippen molar-refractivity contribution < 1.29 is 25.2 Å². The topological polar surface area (TPSA) is 116 Å². The third kappa shape index (κ3) is 2.05. The van der Waals surface area contributed by atoms with Crippen LogP contribution in [-0.4, -0.2) is 51.3 Å². The van der Waals surface area contributed by atoms with Crippen molar-refractivity contribution in [2.75, 3.05) is 0 Å². The molecular weight excluding hydrogens is 190 g/mol. The van der Waals surface area contributed by atoms with Crippen molar-refractivity contribution in [1.29, 1.82) is 0 Å². The summed E-state index contributed by atoms with van der Waals surface area (Å²) in [6.45, 7) is 1.76. The van der Waals surface area contributed by atoms with Gasteiger partial charge in [0.2, 0.25) is 0 Å². The van der Waals surface area contributed by atoms with Gasteiger partial charge in [-0.25, -0.2) is 0 Å². The lowest BCUT2D eigenvalue weighted by molar-refractivity contribution is -0.279. The molecule has 6 N–H and O–H groups in total. The Labute approximate surface area is 81.9 Å². The van der Waals surface area contributed by atoms with Gasteiger partial charge in [-0.3, -0.25) is 0 Å². The number of hydrogen-bond donors (Lipinski definition) is 5. The van der Waals surface area contributed by atoms with Crippen molar-refractivity contribution in [2.45, 2.75) is 44.2 Å². The molecule has 84 valence electrons. The smallest absolute Gasteiger partial charge is 0.164 e. The lowest BCUT2D eigenvalue weighted by Crippen LogP contribution is -2.59. The van der Waals surface area contributed by atoms with Crippen LogP contribution < -0.4 is 5.73 Å². The van der Waals surface area contributed by atoms with Crippen molar-refractivity contribution in [3.63, 3.8) is 0 Å². The lowest BCUT2D eigenvalue weighted by Gasteiger charge is -2.41. The maximum atomic E-state index is 9.55. The fourth-order valence-corrected chi connectivity index (χ4v) is 1.68. The normalized spacial score (nSPS) is 46.3. The zero-order valence-electron chi connectivity index (χ0n) is 7.95. The predicted octanol–water partition coefficient (Wildman–Crippen LogP) is -2.27. The van der Waals surface area contributed by atoms with Crippen LogP contribution in [0.4, 0.5) is 0 Å². The standard InChI is InChI=1S/C8H17NO5/c1-2-3-5(10)6(11)4(7(9)12)8(13)14-3/h3-8,10-13H,2,9H2,1H3/t3?,4-,5?,6+,7?,8?/m0/s1. The molecule has 0 aliphatic carbocycles. The van der Waals surface area contributed by atoms with Gasteiger partial charge in [0.05, 0.1) is 18.1 Å². The van der Waals surface area contributed by atoms with E-state index < -0.39 is 36.7 Å². The van der Waals surface area contributed by atoms with Crippen LogP contribution in [0.15, 0.2) is 0 Å². The van der Waals surface area contributed by atoms with Gasteiger partial charge in [-0.15, -0.1) is 0 Å². The molecule has 4 unspecified atom stereocenters. The Bertz CT molecular complexity index is 189. The van der Waals surface area contributed by atoms with Gasteiger partial charge in [-0.05, 0) is 6.42 Å². The highest BCUT2D eigenvalue weighted by molar-refractivity contribution is 4.89. The average Bonchev–Trinajstić information content (AvgIpc) is 2.10. The van der Waals surface area contributed by atoms with Crippen LogP contribution in [0.5, 0.6) is 0 Å². The number of aliphatic hydroxyl groups excluding tert-OH is 4. The minimum atomic E-state index is -1.42. The first-order valence-electron chi connectivity index (χ1n) is 4.62. The predicted molar refractivity (Wildman–Crippen MR) is 46.9 cm³/mol. The minimum Gasteiger partial charge on any atom is -0.390 e. The van der Waals surface area contributed by atoms with Crippen molar-refractivity contribution in [1.82, 2.24) is 0 Å². The third-order valence-electron chi connectivity index (χ3n) is 2.57. The summed E-state index contributed by atoms with van der Waals surface area (Å²) >= 11 is 0. The quantitative estimate of drug-likeness (QED) is 0.326. The molecule has 0 spiro atoms. The first kappa shape index (κ1) is 11.8. The second-order valence-corrected chi connectivity index (χ2v) is 3.52. The number of aliphatic hydroxyl groups is 4. The van der Waals surface area contributed by atoms with Gasteiger partial charge >= 0.3 is 0 Å². The van der Waals surface area contributed by atoms with Crippen LogP contribution in [0.25, 0.3) is 0 Å². The lowest BCUT2D eigenvalue weighted by atomic mass is 9.89. The number of nitrogens with two attached hydrogens (primary N) is 1. The summed E-state index contributed by atoms with van der Waals surface area (Å²) < 4.78 is 5.00. The highest BCUT2D eigenvalue weighted by Crippen LogP contribution is 2.27. The molecule has 0 aromatic rings. The second kappa shape index (κ2) is 4.52.